The summed E-state index contributed by atoms with van der Waals surface area (Å²) in [6.45, 7) is 41.5. The lowest BCUT2D eigenvalue weighted by molar-refractivity contribution is -0.930. The molecule has 0 aliphatic carbocycles. The summed E-state index contributed by atoms with van der Waals surface area (Å²) >= 11 is 0. The standard InChI is InChI=1S/C26H60NO10Si2.C21H48NO9Si.C18H42NO6Si.C16H36NO8.BrH.3HI/c1-7-32-38(33-8-2,34-9-3)21-13-17-27(19-15-25(30)23-28,20-16-26(31)24-29)18-14-22-39(35-10-4,36-11-5)37-12-6;1-4-29-32(30-5-2,31-6-3)21-7-8-22(9-15-26-18-12-23,10-16-27-19-13-24)11-17-28-20-14-25;1-4-23-26(24-5-2,25-6-3)18-10-14-19(11-7-15-20,12-8-16-21)13-9-17-22;18-9-13(22)1-5-17(6-2-14(23)10-19,7-3-15(24)11-20)8-4-16(25)12-21;;;;/h25-26,28-31H,7-24H2,1-6H3;23-25H,4-21H2,1-3H3;20-22H,4-18H2,1-3H3;13-16,18-25H,1-12H2;4*1H/q4*+1;;;;/p-3. The second kappa shape index (κ2) is 94.6. The summed E-state index contributed by atoms with van der Waals surface area (Å²) in [5, 5.41) is 169. The van der Waals surface area contributed by atoms with Crippen molar-refractivity contribution in [1.29, 1.82) is 0 Å². The highest BCUT2D eigenvalue weighted by Gasteiger charge is 2.46. The first-order valence-corrected chi connectivity index (χ1v) is 53.6. The number of halogens is 4. The lowest BCUT2D eigenvalue weighted by atomic mass is 10.1. The molecule has 6 atom stereocenters. The zero-order chi connectivity index (χ0) is 92.6. The van der Waals surface area contributed by atoms with Crippen molar-refractivity contribution in [1.82, 2.24) is 0 Å². The molecule has 0 aromatic carbocycles. The third kappa shape index (κ3) is 71.5. The molecular formula is C81H187BrI3N4O33Si4+. The smallest absolute Gasteiger partial charge is 0.501 e. The summed E-state index contributed by atoms with van der Waals surface area (Å²) in [7, 11) is -11.0. The van der Waals surface area contributed by atoms with E-state index in [0.29, 0.717) is 197 Å². The summed E-state index contributed by atoms with van der Waals surface area (Å²) in [5.41, 5.74) is 0. The van der Waals surface area contributed by atoms with Crippen molar-refractivity contribution in [3.8, 4) is 0 Å². The van der Waals surface area contributed by atoms with Crippen LogP contribution in [0.1, 0.15) is 167 Å². The number of rotatable bonds is 88. The Hall–Kier alpha value is 2.06. The van der Waals surface area contributed by atoms with E-state index in [-0.39, 0.29) is 194 Å². The molecule has 45 heteroatoms. The fourth-order valence-electron chi connectivity index (χ4n) is 14.8. The van der Waals surface area contributed by atoms with Crippen LogP contribution in [0.3, 0.4) is 0 Å². The largest absolute Gasteiger partial charge is 1.00 e. The first kappa shape index (κ1) is 143. The molecule has 6 unspecified atom stereocenters. The first-order chi connectivity index (χ1) is 58.6. The molecule has 0 spiro atoms. The van der Waals surface area contributed by atoms with Gasteiger partial charge >= 0.3 is 35.2 Å². The van der Waals surface area contributed by atoms with Gasteiger partial charge in [0.1, 0.15) is 19.6 Å². The summed E-state index contributed by atoms with van der Waals surface area (Å²) in [6, 6.07) is 2.79. The van der Waals surface area contributed by atoms with Crippen LogP contribution >= 0.6 is 24.0 Å². The van der Waals surface area contributed by atoms with E-state index in [1.165, 1.54) is 0 Å². The van der Waals surface area contributed by atoms with Crippen LogP contribution in [0.25, 0.3) is 0 Å². The van der Waals surface area contributed by atoms with Crippen molar-refractivity contribution in [3.05, 3.63) is 0 Å². The van der Waals surface area contributed by atoms with Gasteiger partial charge in [0, 0.05) is 207 Å². The molecule has 0 amide bonds. The van der Waals surface area contributed by atoms with E-state index < -0.39 is 71.8 Å². The number of hydrogen-bond acceptors (Lipinski definition) is 33. The Bertz CT molecular complexity index is 2000. The number of aliphatic hydroxyl groups is 18. The predicted octanol–water partition coefficient (Wildman–Crippen LogP) is -7.77. The highest BCUT2D eigenvalue weighted by molar-refractivity contribution is 14.0. The van der Waals surface area contributed by atoms with Crippen molar-refractivity contribution in [3.63, 3.8) is 0 Å². The molecule has 0 fully saturated rings. The van der Waals surface area contributed by atoms with Crippen LogP contribution in [0.2, 0.25) is 24.2 Å². The maximum atomic E-state index is 10.2. The Morgan fingerprint density at radius 2 is 0.349 bits per heavy atom. The lowest BCUT2D eigenvalue weighted by Crippen LogP contribution is -3.00. The van der Waals surface area contributed by atoms with Gasteiger partial charge in [0.25, 0.3) is 0 Å². The quantitative estimate of drug-likeness (QED) is 0.0116. The summed E-state index contributed by atoms with van der Waals surface area (Å²) < 4.78 is 91.3. The Labute approximate surface area is 825 Å². The molecular weight excluding hydrogens is 2130 g/mol. The molecule has 0 heterocycles. The second-order valence-corrected chi connectivity index (χ2v) is 41.2. The van der Waals surface area contributed by atoms with Crippen LogP contribution < -0.4 is 64.9 Å². The Morgan fingerprint density at radius 1 is 0.206 bits per heavy atom. The van der Waals surface area contributed by atoms with Crippen molar-refractivity contribution in [2.24, 2.45) is 0 Å². The fourth-order valence-corrected chi connectivity index (χ4v) is 25.2. The van der Waals surface area contributed by atoms with Gasteiger partial charge in [-0.25, -0.2) is 0 Å². The minimum atomic E-state index is -2.83. The Balaban J connectivity index is -0.000000247. The van der Waals surface area contributed by atoms with Crippen molar-refractivity contribution in [2.75, 3.05) is 303 Å². The van der Waals surface area contributed by atoms with Gasteiger partial charge in [-0.3, -0.25) is 0 Å². The van der Waals surface area contributed by atoms with Gasteiger partial charge in [-0.15, -0.1) is 24.0 Å². The number of aliphatic hydroxyl groups excluding tert-OH is 18. The van der Waals surface area contributed by atoms with E-state index in [1.807, 2.05) is 83.1 Å². The van der Waals surface area contributed by atoms with Gasteiger partial charge in [-0.1, -0.05) is 0 Å². The van der Waals surface area contributed by atoms with Gasteiger partial charge in [-0.2, -0.15) is 0 Å². The second-order valence-electron chi connectivity index (χ2n) is 30.3. The van der Waals surface area contributed by atoms with E-state index in [9.17, 15) is 56.2 Å². The fraction of sp³-hybridized carbons (Fsp3) is 1.00. The van der Waals surface area contributed by atoms with Crippen LogP contribution in [0, 0.1) is 0 Å². The third-order valence-electron chi connectivity index (χ3n) is 20.9. The van der Waals surface area contributed by atoms with Gasteiger partial charge < -0.3 is 242 Å². The third-order valence-corrected chi connectivity index (χ3v) is 33.5. The molecule has 0 aliphatic rings. The van der Waals surface area contributed by atoms with Gasteiger partial charge in [0.15, 0.2) is 0 Å². The van der Waals surface area contributed by atoms with Crippen LogP contribution in [0.5, 0.6) is 0 Å². The van der Waals surface area contributed by atoms with Crippen molar-refractivity contribution < 1.29 is 242 Å². The first-order valence-electron chi connectivity index (χ1n) is 45.8. The minimum Gasteiger partial charge on any atom is -1.00 e. The molecule has 0 bridgehead atoms. The Morgan fingerprint density at radius 3 is 0.492 bits per heavy atom. The van der Waals surface area contributed by atoms with E-state index in [2.05, 4.69) is 0 Å². The molecule has 18 N–H and O–H groups in total. The number of nitrogens with zero attached hydrogens (tertiary/aromatic N) is 4. The number of ether oxygens (including phenoxy) is 3. The molecule has 0 aliphatic heterocycles. The predicted molar refractivity (Wildman–Crippen MR) is 490 cm³/mol. The molecule has 0 saturated heterocycles. The minimum absolute atomic E-state index is 0. The average molecular weight is 2320 g/mol. The summed E-state index contributed by atoms with van der Waals surface area (Å²) in [5.74, 6) is 0. The van der Waals surface area contributed by atoms with Crippen LogP contribution in [0.4, 0.5) is 0 Å². The monoisotopic (exact) mass is 2320 g/mol. The van der Waals surface area contributed by atoms with Crippen molar-refractivity contribution >= 4 is 59.2 Å². The van der Waals surface area contributed by atoms with Gasteiger partial charge in [0.2, 0.25) is 0 Å². The molecule has 37 nitrogen and oxygen atoms in total. The summed E-state index contributed by atoms with van der Waals surface area (Å²) in [4.78, 5) is 0. The normalized spacial score (nSPS) is 14.1. The Kier molecular flexibility index (Phi) is 108. The molecule has 0 rings (SSSR count). The molecule has 0 aromatic rings. The SMILES string of the molecule is CCO[Si](CCC[N+](CCCO)(CCCO)CCCO)(OCC)OCC.CCO[Si](CCC[N+](CCC[Si](OCC)(OCC)OCC)(CCC(O)CO)CCC(O)CO)(OCC)OCC.CCO[Si](CCC[N+](CCOCCO)(CCOCCO)CCOCCO)(OCC)OCC.I.OCC(O)CC[N+](CCC(O)CO)(CCC(O)CO)CCC(O)CO.[Br-].[I-].[I-]. The van der Waals surface area contributed by atoms with Gasteiger partial charge in [-0.05, 0) is 83.1 Å². The molecule has 0 radical (unpaired) electrons. The molecule has 0 aromatic heterocycles. The van der Waals surface area contributed by atoms with E-state index in [0.717, 1.165) is 127 Å². The molecule has 0 saturated carbocycles. The zero-order valence-corrected chi connectivity index (χ0v) is 91.7. The van der Waals surface area contributed by atoms with E-state index >= 15 is 0 Å². The zero-order valence-electron chi connectivity index (χ0n) is 79.5. The number of hydrogen-bond donors (Lipinski definition) is 18. The summed E-state index contributed by atoms with van der Waals surface area (Å²) in [6.07, 6.45) is 2.20. The van der Waals surface area contributed by atoms with Crippen LogP contribution in [-0.2, 0) is 67.3 Å². The highest BCUT2D eigenvalue weighted by Crippen LogP contribution is 2.28. The topological polar surface area (TPSA) is 503 Å². The van der Waals surface area contributed by atoms with E-state index in [1.54, 1.807) is 0 Å². The average Bonchev–Trinajstić information content (AvgIpc) is 0.827. The van der Waals surface area contributed by atoms with Crippen molar-refractivity contribution in [2.45, 2.75) is 227 Å². The van der Waals surface area contributed by atoms with Gasteiger partial charge in [0.05, 0.1) is 221 Å². The van der Waals surface area contributed by atoms with Crippen LogP contribution in [-0.4, -0.2) is 485 Å². The van der Waals surface area contributed by atoms with Crippen LogP contribution in [0.15, 0.2) is 0 Å². The molecule has 126 heavy (non-hydrogen) atoms. The highest BCUT2D eigenvalue weighted by atomic mass is 127. The maximum absolute atomic E-state index is 10.2. The molecule has 772 valence electrons. The number of quaternary nitrogens is 4. The maximum Gasteiger partial charge on any atom is 0.501 e. The lowest BCUT2D eigenvalue weighted by Gasteiger charge is -2.41. The van der Waals surface area contributed by atoms with E-state index in [4.69, 9.17) is 103 Å².